The summed E-state index contributed by atoms with van der Waals surface area (Å²) in [5, 5.41) is 24.3. The van der Waals surface area contributed by atoms with E-state index in [1.165, 1.54) is 11.3 Å². The minimum absolute atomic E-state index is 0.124. The Morgan fingerprint density at radius 2 is 1.67 bits per heavy atom. The minimum atomic E-state index is -0.218. The van der Waals surface area contributed by atoms with Gasteiger partial charge >= 0.3 is 0 Å². The van der Waals surface area contributed by atoms with Crippen LogP contribution in [-0.2, 0) is 28.9 Å². The van der Waals surface area contributed by atoms with Crippen molar-refractivity contribution in [3.63, 3.8) is 0 Å². The zero-order chi connectivity index (χ0) is 25.8. The number of nitrogens with two attached hydrogens (primary N) is 2. The van der Waals surface area contributed by atoms with Crippen LogP contribution in [0.15, 0.2) is 78.3 Å². The van der Waals surface area contributed by atoms with Crippen molar-refractivity contribution in [2.75, 3.05) is 5.32 Å². The molecule has 1 aromatic heterocycles. The Balaban J connectivity index is 1.34. The highest BCUT2D eigenvalue weighted by molar-refractivity contribution is 7.15. The fraction of sp³-hybridized carbons (Fsp3) is 0.231. The van der Waals surface area contributed by atoms with Crippen molar-refractivity contribution < 1.29 is 14.7 Å². The van der Waals surface area contributed by atoms with E-state index in [4.69, 9.17) is 11.5 Å². The van der Waals surface area contributed by atoms with E-state index in [1.54, 1.807) is 36.4 Å². The van der Waals surface area contributed by atoms with Crippen LogP contribution >= 0.6 is 11.3 Å². The van der Waals surface area contributed by atoms with Crippen molar-refractivity contribution in [2.24, 2.45) is 11.5 Å². The molecule has 0 saturated heterocycles. The summed E-state index contributed by atoms with van der Waals surface area (Å²) in [7, 11) is 0. The number of phenolic OH excluding ortho intramolecular Hbond substituents is 1. The van der Waals surface area contributed by atoms with Gasteiger partial charge < -0.3 is 27.2 Å². The normalized spacial score (nSPS) is 11.8. The molecule has 0 aliphatic heterocycles. The number of nitrogens with zero attached hydrogens (tertiary/aromatic N) is 2. The molecule has 1 heterocycles. The number of benzene rings is 2. The Labute approximate surface area is 213 Å². The molecule has 0 atom stereocenters. The Hall–Kier alpha value is -4.18. The maximum Gasteiger partial charge on any atom is 0.230 e. The zero-order valence-electron chi connectivity index (χ0n) is 19.8. The first kappa shape index (κ1) is 26.4. The lowest BCUT2D eigenvalue weighted by atomic mass is 10.1. The summed E-state index contributed by atoms with van der Waals surface area (Å²) in [4.78, 5) is 24.2. The highest BCUT2D eigenvalue weighted by Crippen LogP contribution is 2.19. The monoisotopic (exact) mass is 506 g/mol. The van der Waals surface area contributed by atoms with E-state index >= 15 is 0 Å². The number of amides is 2. The number of hydrogen-bond acceptors (Lipinski definition) is 8. The number of aromatic hydroxyl groups is 1. The number of anilines is 1. The molecule has 0 bridgehead atoms. The largest absolute Gasteiger partial charge is 0.508 e. The number of aryl methyl sites for hydroxylation is 1. The second-order valence-corrected chi connectivity index (χ2v) is 9.24. The van der Waals surface area contributed by atoms with Gasteiger partial charge in [0.25, 0.3) is 0 Å². The van der Waals surface area contributed by atoms with Crippen molar-refractivity contribution in [1.82, 2.24) is 15.5 Å². The number of hydrogen-bond donors (Lipinski definition) is 5. The smallest absolute Gasteiger partial charge is 0.230 e. The average molecular weight is 507 g/mol. The SMILES string of the molecule is N/C(=C\C=C(/N)NC(=O)Cc1ccccc1)CCCCc1nnc(NC(=O)Cc2cccc(O)c2)s1. The van der Waals surface area contributed by atoms with Crippen molar-refractivity contribution >= 4 is 28.3 Å². The van der Waals surface area contributed by atoms with Gasteiger partial charge in [0.1, 0.15) is 16.6 Å². The summed E-state index contributed by atoms with van der Waals surface area (Å²) in [6.07, 6.45) is 6.78. The average Bonchev–Trinajstić information content (AvgIpc) is 3.28. The van der Waals surface area contributed by atoms with Crippen molar-refractivity contribution in [1.29, 1.82) is 0 Å². The van der Waals surface area contributed by atoms with Gasteiger partial charge in [-0.15, -0.1) is 10.2 Å². The molecule has 7 N–H and O–H groups in total. The fourth-order valence-corrected chi connectivity index (χ4v) is 4.13. The predicted octanol–water partition coefficient (Wildman–Crippen LogP) is 3.14. The van der Waals surface area contributed by atoms with Gasteiger partial charge in [0.15, 0.2) is 0 Å². The molecular formula is C26H30N6O3S. The molecule has 9 nitrogen and oxygen atoms in total. The van der Waals surface area contributed by atoms with Gasteiger partial charge in [0.2, 0.25) is 16.9 Å². The lowest BCUT2D eigenvalue weighted by Crippen LogP contribution is -2.28. The third-order valence-corrected chi connectivity index (χ3v) is 5.96. The predicted molar refractivity (Wildman–Crippen MR) is 141 cm³/mol. The summed E-state index contributed by atoms with van der Waals surface area (Å²) in [5.74, 6) is -0.0378. The second-order valence-electron chi connectivity index (χ2n) is 8.18. The molecule has 0 unspecified atom stereocenters. The molecule has 0 fully saturated rings. The number of unbranched alkanes of at least 4 members (excludes halogenated alkanes) is 1. The van der Waals surface area contributed by atoms with Gasteiger partial charge in [-0.05, 0) is 54.7 Å². The highest BCUT2D eigenvalue weighted by atomic mass is 32.1. The second kappa shape index (κ2) is 13.6. The van der Waals surface area contributed by atoms with E-state index in [-0.39, 0.29) is 36.2 Å². The van der Waals surface area contributed by atoms with Crippen LogP contribution in [0.4, 0.5) is 5.13 Å². The first-order valence-corrected chi connectivity index (χ1v) is 12.3. The Morgan fingerprint density at radius 1 is 0.917 bits per heavy atom. The van der Waals surface area contributed by atoms with Crippen LogP contribution in [0.5, 0.6) is 5.75 Å². The molecule has 3 rings (SSSR count). The van der Waals surface area contributed by atoms with E-state index in [2.05, 4.69) is 20.8 Å². The Morgan fingerprint density at radius 3 is 2.44 bits per heavy atom. The lowest BCUT2D eigenvalue weighted by Gasteiger charge is -2.05. The molecule has 0 spiro atoms. The molecule has 0 radical (unpaired) electrons. The van der Waals surface area contributed by atoms with Gasteiger partial charge in [-0.1, -0.05) is 53.8 Å². The molecule has 10 heteroatoms. The van der Waals surface area contributed by atoms with Gasteiger partial charge in [0, 0.05) is 12.1 Å². The van der Waals surface area contributed by atoms with Crippen molar-refractivity contribution in [3.8, 4) is 5.75 Å². The third-order valence-electron chi connectivity index (χ3n) is 5.06. The van der Waals surface area contributed by atoms with E-state index in [9.17, 15) is 14.7 Å². The van der Waals surface area contributed by atoms with Crippen LogP contribution in [0.25, 0.3) is 0 Å². The molecule has 0 aliphatic rings. The summed E-state index contributed by atoms with van der Waals surface area (Å²) < 4.78 is 0. The van der Waals surface area contributed by atoms with Crippen molar-refractivity contribution in [2.45, 2.75) is 38.5 Å². The maximum atomic E-state index is 12.2. The van der Waals surface area contributed by atoms with Crippen LogP contribution in [0.3, 0.4) is 0 Å². The molecule has 2 amide bonds. The van der Waals surface area contributed by atoms with Gasteiger partial charge in [-0.3, -0.25) is 9.59 Å². The number of phenols is 1. The summed E-state index contributed by atoms with van der Waals surface area (Å²) in [5.41, 5.74) is 14.2. The molecule has 3 aromatic rings. The van der Waals surface area contributed by atoms with Gasteiger partial charge in [-0.2, -0.15) is 0 Å². The van der Waals surface area contributed by atoms with E-state index in [0.717, 1.165) is 29.8 Å². The summed E-state index contributed by atoms with van der Waals surface area (Å²) in [6, 6.07) is 16.0. The fourth-order valence-electron chi connectivity index (χ4n) is 3.33. The number of rotatable bonds is 12. The standard InChI is InChI=1S/C26H30N6O3S/c27-20(13-14-22(28)29-23(34)16-18-7-2-1-3-8-18)10-4-5-12-25-31-32-26(36-25)30-24(35)17-19-9-6-11-21(33)15-19/h1-3,6-9,11,13-15,33H,4-5,10,12,16-17,27-28H2,(H,29,34)(H,30,32,35)/b20-13-,22-14+. The minimum Gasteiger partial charge on any atom is -0.508 e. The number of aromatic nitrogens is 2. The number of allylic oxidation sites excluding steroid dienone is 3. The first-order chi connectivity index (χ1) is 17.4. The summed E-state index contributed by atoms with van der Waals surface area (Å²) >= 11 is 1.34. The van der Waals surface area contributed by atoms with Crippen LogP contribution in [0.1, 0.15) is 35.4 Å². The van der Waals surface area contributed by atoms with Crippen molar-refractivity contribution in [3.05, 3.63) is 94.4 Å². The lowest BCUT2D eigenvalue weighted by molar-refractivity contribution is -0.119. The number of carbonyl (C=O) groups is 2. The molecule has 0 saturated carbocycles. The van der Waals surface area contributed by atoms with E-state index in [1.807, 2.05) is 30.3 Å². The van der Waals surface area contributed by atoms with Gasteiger partial charge in [-0.25, -0.2) is 0 Å². The third kappa shape index (κ3) is 9.59. The van der Waals surface area contributed by atoms with Gasteiger partial charge in [0.05, 0.1) is 12.8 Å². The Bertz CT molecular complexity index is 1220. The topological polar surface area (TPSA) is 156 Å². The van der Waals surface area contributed by atoms with Crippen LogP contribution < -0.4 is 22.1 Å². The molecule has 188 valence electrons. The van der Waals surface area contributed by atoms with Crippen LogP contribution in [-0.4, -0.2) is 27.1 Å². The van der Waals surface area contributed by atoms with Crippen LogP contribution in [0, 0.1) is 0 Å². The number of carbonyl (C=O) groups excluding carboxylic acids is 2. The molecule has 36 heavy (non-hydrogen) atoms. The first-order valence-electron chi connectivity index (χ1n) is 11.5. The highest BCUT2D eigenvalue weighted by Gasteiger charge is 2.09. The van der Waals surface area contributed by atoms with E-state index < -0.39 is 0 Å². The zero-order valence-corrected chi connectivity index (χ0v) is 20.6. The maximum absolute atomic E-state index is 12.2. The van der Waals surface area contributed by atoms with Crippen LogP contribution in [0.2, 0.25) is 0 Å². The Kier molecular flexibility index (Phi) is 10.0. The molecule has 0 aliphatic carbocycles. The van der Waals surface area contributed by atoms with E-state index in [0.29, 0.717) is 22.8 Å². The quantitative estimate of drug-likeness (QED) is 0.187. The summed E-state index contributed by atoms with van der Waals surface area (Å²) in [6.45, 7) is 0. The molecular weight excluding hydrogens is 476 g/mol. The molecule has 2 aromatic carbocycles. The number of nitrogens with one attached hydrogen (secondary N) is 2.